The number of hydrogen-bond donors (Lipinski definition) is 0. The third-order valence-corrected chi connectivity index (χ3v) is 6.49. The summed E-state index contributed by atoms with van der Waals surface area (Å²) < 4.78 is 81.8. The standard InChI is InChI=1S/C20H22ClF6N3O3/c1-33-15-9-12(8-14(21)28-15)17(32)29-5-2-18(3-6-29)4-7-30(11-18)16(31)10-13(19(22,23)24)20(25,26)27/h8-9,13H,2-7,10-11H2,1H3. The molecule has 0 unspecified atom stereocenters. The van der Waals surface area contributed by atoms with Gasteiger partial charge in [0.1, 0.15) is 5.15 Å². The van der Waals surface area contributed by atoms with Crippen molar-refractivity contribution < 1.29 is 40.7 Å². The van der Waals surface area contributed by atoms with Crippen molar-refractivity contribution in [1.29, 1.82) is 0 Å². The Bertz CT molecular complexity index is 886. The van der Waals surface area contributed by atoms with Gasteiger partial charge >= 0.3 is 12.4 Å². The highest BCUT2D eigenvalue weighted by Crippen LogP contribution is 2.44. The van der Waals surface area contributed by atoms with E-state index in [-0.39, 0.29) is 35.6 Å². The molecule has 6 nitrogen and oxygen atoms in total. The highest BCUT2D eigenvalue weighted by molar-refractivity contribution is 6.29. The van der Waals surface area contributed by atoms with Crippen LogP contribution < -0.4 is 4.74 Å². The van der Waals surface area contributed by atoms with Gasteiger partial charge in [-0.05, 0) is 30.7 Å². The number of amides is 2. The predicted octanol–water partition coefficient (Wildman–Crippen LogP) is 4.33. The fourth-order valence-corrected chi connectivity index (χ4v) is 4.55. The summed E-state index contributed by atoms with van der Waals surface area (Å²) in [5, 5.41) is 0.0899. The van der Waals surface area contributed by atoms with Gasteiger partial charge in [-0.3, -0.25) is 9.59 Å². The van der Waals surface area contributed by atoms with Gasteiger partial charge in [0.25, 0.3) is 5.91 Å². The zero-order valence-electron chi connectivity index (χ0n) is 17.6. The number of aromatic nitrogens is 1. The van der Waals surface area contributed by atoms with Crippen LogP contribution in [0.1, 0.15) is 36.0 Å². The lowest BCUT2D eigenvalue weighted by molar-refractivity contribution is -0.284. The van der Waals surface area contributed by atoms with Crippen LogP contribution in [-0.2, 0) is 4.79 Å². The normalized spacial score (nSPS) is 18.8. The third kappa shape index (κ3) is 5.82. The summed E-state index contributed by atoms with van der Waals surface area (Å²) in [6, 6.07) is 2.86. The van der Waals surface area contributed by atoms with Gasteiger partial charge < -0.3 is 14.5 Å². The van der Waals surface area contributed by atoms with Crippen molar-refractivity contribution in [3.63, 3.8) is 0 Å². The molecule has 33 heavy (non-hydrogen) atoms. The topological polar surface area (TPSA) is 62.7 Å². The van der Waals surface area contributed by atoms with Crippen molar-refractivity contribution in [2.75, 3.05) is 33.3 Å². The van der Waals surface area contributed by atoms with Gasteiger partial charge in [0, 0.05) is 44.2 Å². The fraction of sp³-hybridized carbons (Fsp3) is 0.650. The average Bonchev–Trinajstić information content (AvgIpc) is 3.13. The maximum Gasteiger partial charge on any atom is 0.400 e. The molecule has 0 bridgehead atoms. The molecule has 1 aromatic heterocycles. The molecule has 1 spiro atoms. The van der Waals surface area contributed by atoms with Crippen molar-refractivity contribution in [2.45, 2.75) is 38.0 Å². The zero-order chi connectivity index (χ0) is 24.6. The van der Waals surface area contributed by atoms with Crippen molar-refractivity contribution >= 4 is 23.4 Å². The smallest absolute Gasteiger partial charge is 0.400 e. The van der Waals surface area contributed by atoms with Gasteiger partial charge in [0.05, 0.1) is 7.11 Å². The number of likely N-dealkylation sites (tertiary alicyclic amines) is 2. The first-order chi connectivity index (χ1) is 15.2. The van der Waals surface area contributed by atoms with Crippen molar-refractivity contribution in [1.82, 2.24) is 14.8 Å². The Hall–Kier alpha value is -2.24. The second-order valence-electron chi connectivity index (χ2n) is 8.42. The Morgan fingerprint density at radius 2 is 1.61 bits per heavy atom. The molecule has 2 aliphatic rings. The van der Waals surface area contributed by atoms with Gasteiger partial charge in [-0.1, -0.05) is 11.6 Å². The molecule has 184 valence electrons. The van der Waals surface area contributed by atoms with Gasteiger partial charge in [-0.2, -0.15) is 26.3 Å². The third-order valence-electron chi connectivity index (χ3n) is 6.30. The van der Waals surface area contributed by atoms with E-state index in [0.717, 1.165) is 4.90 Å². The molecule has 0 saturated carbocycles. The molecule has 2 aliphatic heterocycles. The van der Waals surface area contributed by atoms with E-state index < -0.39 is 36.0 Å². The summed E-state index contributed by atoms with van der Waals surface area (Å²) in [6.07, 6.45) is -11.3. The van der Waals surface area contributed by atoms with Crippen LogP contribution in [0, 0.1) is 11.3 Å². The van der Waals surface area contributed by atoms with Crippen molar-refractivity contribution in [2.24, 2.45) is 11.3 Å². The van der Waals surface area contributed by atoms with Crippen LogP contribution in [0.25, 0.3) is 0 Å². The molecule has 3 rings (SSSR count). The van der Waals surface area contributed by atoms with Gasteiger partial charge in [0.15, 0.2) is 5.92 Å². The van der Waals surface area contributed by atoms with E-state index in [1.165, 1.54) is 19.2 Å². The molecule has 0 radical (unpaired) electrons. The number of ether oxygens (including phenoxy) is 1. The molecule has 2 amide bonds. The van der Waals surface area contributed by atoms with Crippen LogP contribution in [0.3, 0.4) is 0 Å². The van der Waals surface area contributed by atoms with Gasteiger partial charge in [-0.15, -0.1) is 0 Å². The Morgan fingerprint density at radius 1 is 1.06 bits per heavy atom. The number of halogens is 7. The van der Waals surface area contributed by atoms with Gasteiger partial charge in [0.2, 0.25) is 11.8 Å². The lowest BCUT2D eigenvalue weighted by atomic mass is 9.77. The van der Waals surface area contributed by atoms with Crippen LogP contribution in [0.5, 0.6) is 5.88 Å². The molecule has 2 saturated heterocycles. The maximum atomic E-state index is 12.8. The summed E-state index contributed by atoms with van der Waals surface area (Å²) >= 11 is 5.91. The molecular formula is C20H22ClF6N3O3. The van der Waals surface area contributed by atoms with E-state index in [2.05, 4.69) is 4.98 Å². The van der Waals surface area contributed by atoms with E-state index in [1.54, 1.807) is 4.90 Å². The lowest BCUT2D eigenvalue weighted by Gasteiger charge is -2.39. The number of methoxy groups -OCH3 is 1. The summed E-state index contributed by atoms with van der Waals surface area (Å²) in [5.41, 5.74) is -0.150. The van der Waals surface area contributed by atoms with Crippen LogP contribution in [0.4, 0.5) is 26.3 Å². The maximum absolute atomic E-state index is 12.8. The number of carbonyl (C=O) groups is 2. The molecule has 2 fully saturated rings. The first-order valence-electron chi connectivity index (χ1n) is 10.2. The van der Waals surface area contributed by atoms with E-state index in [4.69, 9.17) is 16.3 Å². The molecule has 1 aromatic rings. The Morgan fingerprint density at radius 3 is 2.12 bits per heavy atom. The number of piperidine rings is 1. The summed E-state index contributed by atoms with van der Waals surface area (Å²) in [6.45, 7) is 0.825. The first kappa shape index (κ1) is 25.4. The summed E-state index contributed by atoms with van der Waals surface area (Å²) in [7, 11) is 1.39. The van der Waals surface area contributed by atoms with Crippen LogP contribution in [-0.4, -0.2) is 72.2 Å². The second-order valence-corrected chi connectivity index (χ2v) is 8.81. The number of alkyl halides is 6. The molecule has 0 aromatic carbocycles. The first-order valence-corrected chi connectivity index (χ1v) is 10.5. The number of pyridine rings is 1. The number of hydrogen-bond acceptors (Lipinski definition) is 4. The molecule has 13 heteroatoms. The fourth-order valence-electron chi connectivity index (χ4n) is 4.34. The molecule has 0 aliphatic carbocycles. The average molecular weight is 502 g/mol. The quantitative estimate of drug-likeness (QED) is 0.455. The molecule has 0 atom stereocenters. The van der Waals surface area contributed by atoms with E-state index in [9.17, 15) is 35.9 Å². The Kier molecular flexibility index (Phi) is 7.07. The van der Waals surface area contributed by atoms with Crippen LogP contribution >= 0.6 is 11.6 Å². The van der Waals surface area contributed by atoms with E-state index in [0.29, 0.717) is 32.4 Å². The minimum absolute atomic E-state index is 0.0746. The largest absolute Gasteiger partial charge is 0.481 e. The highest BCUT2D eigenvalue weighted by atomic mass is 35.5. The minimum atomic E-state index is -5.55. The van der Waals surface area contributed by atoms with Crippen molar-refractivity contribution in [3.05, 3.63) is 22.8 Å². The van der Waals surface area contributed by atoms with Crippen molar-refractivity contribution in [3.8, 4) is 5.88 Å². The summed E-state index contributed by atoms with van der Waals surface area (Å²) in [4.78, 5) is 31.6. The molecule has 3 heterocycles. The highest BCUT2D eigenvalue weighted by Gasteiger charge is 2.58. The Balaban J connectivity index is 1.60. The van der Waals surface area contributed by atoms with Crippen LogP contribution in [0.15, 0.2) is 12.1 Å². The zero-order valence-corrected chi connectivity index (χ0v) is 18.4. The van der Waals surface area contributed by atoms with Gasteiger partial charge in [-0.25, -0.2) is 4.98 Å². The molecule has 0 N–H and O–H groups in total. The van der Waals surface area contributed by atoms with E-state index in [1.807, 2.05) is 0 Å². The predicted molar refractivity (Wildman–Crippen MR) is 105 cm³/mol. The monoisotopic (exact) mass is 501 g/mol. The lowest BCUT2D eigenvalue weighted by Crippen LogP contribution is -2.45. The number of carbonyl (C=O) groups excluding carboxylic acids is 2. The number of rotatable bonds is 4. The second kappa shape index (κ2) is 9.19. The number of nitrogens with zero attached hydrogens (tertiary/aromatic N) is 3. The van der Waals surface area contributed by atoms with Crippen LogP contribution in [0.2, 0.25) is 5.15 Å². The molecular weight excluding hydrogens is 480 g/mol. The minimum Gasteiger partial charge on any atom is -0.481 e. The van der Waals surface area contributed by atoms with E-state index >= 15 is 0 Å². The SMILES string of the molecule is COc1cc(C(=O)N2CCC3(CCN(C(=O)CC(C(F)(F)F)C(F)(F)F)C3)CC2)cc(Cl)n1. The summed E-state index contributed by atoms with van der Waals surface area (Å²) in [5.74, 6) is -4.96. The Labute approximate surface area is 190 Å².